The molecule has 0 spiro atoms. The number of nitrogens with two attached hydrogens (primary N) is 1. The predicted molar refractivity (Wildman–Crippen MR) is 141 cm³/mol. The highest BCUT2D eigenvalue weighted by Crippen LogP contribution is 2.48. The number of carbonyl (C=O) groups excluding carboxylic acids is 1. The van der Waals surface area contributed by atoms with E-state index in [0.717, 1.165) is 18.2 Å². The van der Waals surface area contributed by atoms with Gasteiger partial charge in [0.05, 0.1) is 12.4 Å². The van der Waals surface area contributed by atoms with Crippen molar-refractivity contribution in [3.8, 4) is 5.75 Å². The molecule has 1 aliphatic carbocycles. The number of esters is 1. The molecular formula is C26H27F6NO10S2. The van der Waals surface area contributed by atoms with Gasteiger partial charge in [0, 0.05) is 24.8 Å². The monoisotopic (exact) mass is 691 g/mol. The largest absolute Gasteiger partial charge is 0.476 e. The average molecular weight is 692 g/mol. The maximum atomic E-state index is 13.7. The second-order valence-electron chi connectivity index (χ2n) is 10.5. The van der Waals surface area contributed by atoms with Crippen LogP contribution in [-0.2, 0) is 55.2 Å². The number of carbonyl (C=O) groups is 1. The van der Waals surface area contributed by atoms with E-state index in [1.54, 1.807) is 24.3 Å². The predicted octanol–water partition coefficient (Wildman–Crippen LogP) is 3.25. The van der Waals surface area contributed by atoms with E-state index in [-0.39, 0.29) is 12.2 Å². The molecule has 2 bridgehead atoms. The number of hydrogen-bond donors (Lipinski definition) is 2. The highest BCUT2D eigenvalue weighted by atomic mass is 32.2. The average Bonchev–Trinajstić information content (AvgIpc) is 3.23. The first kappa shape index (κ1) is 34.9. The summed E-state index contributed by atoms with van der Waals surface area (Å²) in [5, 5.41) is 10.5. The summed E-state index contributed by atoms with van der Waals surface area (Å²) < 4.78 is 147. The number of fused-ring (bicyclic) bond motifs is 5. The number of rotatable bonds is 10. The van der Waals surface area contributed by atoms with E-state index >= 15 is 0 Å². The summed E-state index contributed by atoms with van der Waals surface area (Å²) >= 11 is 0. The Kier molecular flexibility index (Phi) is 9.56. The van der Waals surface area contributed by atoms with Gasteiger partial charge in [-0.25, -0.2) is 0 Å². The van der Waals surface area contributed by atoms with Gasteiger partial charge in [0.25, 0.3) is 10.1 Å². The molecule has 0 saturated heterocycles. The van der Waals surface area contributed by atoms with Gasteiger partial charge in [0.15, 0.2) is 16.5 Å². The van der Waals surface area contributed by atoms with Crippen molar-refractivity contribution in [3.63, 3.8) is 0 Å². The quantitative estimate of drug-likeness (QED) is 0.162. The third-order valence-electron chi connectivity index (χ3n) is 7.57. The molecule has 3 N–H and O–H groups in total. The molecule has 2 aliphatic rings. The van der Waals surface area contributed by atoms with Gasteiger partial charge in [-0.3, -0.25) is 4.79 Å². The van der Waals surface area contributed by atoms with E-state index in [9.17, 15) is 53.1 Å². The van der Waals surface area contributed by atoms with E-state index in [2.05, 4.69) is 8.67 Å². The molecule has 4 atom stereocenters. The summed E-state index contributed by atoms with van der Waals surface area (Å²) in [5.41, 5.74) is 4.72. The topological polar surface area (TPSA) is 169 Å². The van der Waals surface area contributed by atoms with Gasteiger partial charge in [-0.2, -0.15) is 43.2 Å². The zero-order chi connectivity index (χ0) is 33.5. The molecule has 0 radical (unpaired) electrons. The van der Waals surface area contributed by atoms with Gasteiger partial charge >= 0.3 is 28.4 Å². The molecule has 0 fully saturated rings. The second kappa shape index (κ2) is 12.3. The number of aliphatic hydroxyl groups is 1. The Morgan fingerprint density at radius 1 is 0.956 bits per heavy atom. The van der Waals surface area contributed by atoms with Crippen LogP contribution in [0.1, 0.15) is 42.4 Å². The first-order valence-corrected chi connectivity index (χ1v) is 16.2. The molecule has 0 amide bonds. The lowest BCUT2D eigenvalue weighted by atomic mass is 9.85. The zero-order valence-corrected chi connectivity index (χ0v) is 24.6. The molecular weight excluding hydrogens is 664 g/mol. The molecule has 11 nitrogen and oxygen atoms in total. The Labute approximate surface area is 253 Å². The van der Waals surface area contributed by atoms with E-state index in [4.69, 9.17) is 15.2 Å². The Morgan fingerprint density at radius 2 is 1.62 bits per heavy atom. The molecule has 0 aromatic heterocycles. The molecule has 2 aromatic carbocycles. The lowest BCUT2D eigenvalue weighted by Gasteiger charge is -2.40. The molecule has 45 heavy (non-hydrogen) atoms. The molecule has 0 saturated carbocycles. The van der Waals surface area contributed by atoms with Gasteiger partial charge in [-0.15, -0.1) is 0 Å². The van der Waals surface area contributed by atoms with Crippen molar-refractivity contribution in [1.29, 1.82) is 0 Å². The summed E-state index contributed by atoms with van der Waals surface area (Å²) in [6.07, 6.45) is -17.3. The van der Waals surface area contributed by atoms with Crippen molar-refractivity contribution in [1.82, 2.24) is 0 Å². The van der Waals surface area contributed by atoms with Crippen LogP contribution in [0.2, 0.25) is 0 Å². The van der Waals surface area contributed by atoms with E-state index in [1.165, 1.54) is 6.07 Å². The van der Waals surface area contributed by atoms with Crippen molar-refractivity contribution < 1.29 is 71.2 Å². The summed E-state index contributed by atoms with van der Waals surface area (Å²) in [7, 11) is -11.0. The highest BCUT2D eigenvalue weighted by Gasteiger charge is 2.60. The standard InChI is InChI=1S/C26H27F6NO10S2/c27-25(28,29)9-4-12-44(36,37)42-43-45(38,39)24(10-11-26(30,31)32)17-6-3-7-18(14-17)41-23(15-34)19-8-2-1-5-16(19)13-20(23)40-22(35)21(24)33/h1-3,5-8,14,20-21,34H,4,9-13,15,33H2/t20-,21-,23+,24?/m1/s1. The molecule has 4 rings (SSSR count). The zero-order valence-electron chi connectivity index (χ0n) is 23.0. The van der Waals surface area contributed by atoms with Crippen LogP contribution in [0.4, 0.5) is 26.3 Å². The Bertz CT molecular complexity index is 1630. The smallest absolute Gasteiger partial charge is 0.389 e. The molecule has 1 heterocycles. The third kappa shape index (κ3) is 7.22. The van der Waals surface area contributed by atoms with Crippen LogP contribution < -0.4 is 10.5 Å². The van der Waals surface area contributed by atoms with Crippen LogP contribution in [-0.4, -0.2) is 64.8 Å². The van der Waals surface area contributed by atoms with Crippen LogP contribution >= 0.6 is 0 Å². The number of halogens is 6. The van der Waals surface area contributed by atoms with Crippen molar-refractivity contribution >= 4 is 26.2 Å². The van der Waals surface area contributed by atoms with Crippen molar-refractivity contribution in [2.24, 2.45) is 5.73 Å². The van der Waals surface area contributed by atoms with E-state index < -0.39 is 105 Å². The molecule has 2 aromatic rings. The number of hydrogen-bond acceptors (Lipinski definition) is 11. The summed E-state index contributed by atoms with van der Waals surface area (Å²) in [6.45, 7) is -0.762. The van der Waals surface area contributed by atoms with Gasteiger partial charge in [-0.05, 0) is 36.1 Å². The van der Waals surface area contributed by atoms with E-state index in [0.29, 0.717) is 11.1 Å². The number of alkyl halides is 6. The normalized spacial score (nSPS) is 25.6. The number of ether oxygens (including phenoxy) is 2. The first-order chi connectivity index (χ1) is 20.8. The summed E-state index contributed by atoms with van der Waals surface area (Å²) in [6, 6.07) is 8.29. The molecule has 1 unspecified atom stereocenters. The van der Waals surface area contributed by atoms with Crippen molar-refractivity contribution in [2.45, 2.75) is 67.0 Å². The van der Waals surface area contributed by atoms with Gasteiger partial charge in [0.1, 0.15) is 11.8 Å². The molecule has 250 valence electrons. The Morgan fingerprint density at radius 3 is 2.27 bits per heavy atom. The van der Waals surface area contributed by atoms with Crippen LogP contribution in [0.3, 0.4) is 0 Å². The second-order valence-corrected chi connectivity index (χ2v) is 13.9. The van der Waals surface area contributed by atoms with Gasteiger partial charge in [-0.1, -0.05) is 45.1 Å². The van der Waals surface area contributed by atoms with Crippen molar-refractivity contribution in [2.75, 3.05) is 12.4 Å². The van der Waals surface area contributed by atoms with Crippen LogP contribution in [0.5, 0.6) is 5.75 Å². The lowest BCUT2D eigenvalue weighted by Crippen LogP contribution is -2.59. The minimum Gasteiger partial charge on any atom is -0.476 e. The molecule has 19 heteroatoms. The van der Waals surface area contributed by atoms with Crippen LogP contribution in [0.15, 0.2) is 48.5 Å². The Hall–Kier alpha value is -2.97. The third-order valence-corrected chi connectivity index (χ3v) is 10.6. The molecule has 1 aliphatic heterocycles. The van der Waals surface area contributed by atoms with Gasteiger partial charge < -0.3 is 20.3 Å². The lowest BCUT2D eigenvalue weighted by molar-refractivity contribution is -0.169. The Balaban J connectivity index is 1.82. The van der Waals surface area contributed by atoms with E-state index in [1.807, 2.05) is 0 Å². The summed E-state index contributed by atoms with van der Waals surface area (Å²) in [5.74, 6) is -3.16. The minimum atomic E-state index is -5.85. The van der Waals surface area contributed by atoms with Crippen LogP contribution in [0, 0.1) is 0 Å². The maximum absolute atomic E-state index is 13.7. The fourth-order valence-corrected chi connectivity index (χ4v) is 7.91. The van der Waals surface area contributed by atoms with Crippen molar-refractivity contribution in [3.05, 3.63) is 65.2 Å². The number of aliphatic hydroxyl groups excluding tert-OH is 1. The van der Waals surface area contributed by atoms with Gasteiger partial charge in [0.2, 0.25) is 0 Å². The SMILES string of the molecule is N[C@@H]1C(=O)O[C@@H]2Cc3ccccc3[C@]2(CO)Oc2cccc(c2)C1(CCC(F)(F)F)S(=O)(=O)OOS(=O)(=O)CCCC(F)(F)F. The minimum absolute atomic E-state index is 0.0764. The first-order valence-electron chi connectivity index (χ1n) is 13.2. The van der Waals surface area contributed by atoms with Crippen LogP contribution in [0.25, 0.3) is 0 Å². The fourth-order valence-electron chi connectivity index (χ4n) is 5.42. The number of benzene rings is 2. The fraction of sp³-hybridized carbons (Fsp3) is 0.500. The summed E-state index contributed by atoms with van der Waals surface area (Å²) in [4.78, 5) is 13.6. The highest BCUT2D eigenvalue weighted by molar-refractivity contribution is 7.89. The maximum Gasteiger partial charge on any atom is 0.389 e.